The van der Waals surface area contributed by atoms with Crippen LogP contribution in [0.25, 0.3) is 0 Å². The molecule has 18 heavy (non-hydrogen) atoms. The highest BCUT2D eigenvalue weighted by Gasteiger charge is 2.16. The summed E-state index contributed by atoms with van der Waals surface area (Å²) in [5.74, 6) is -1.10. The molecule has 2 atom stereocenters. The highest BCUT2D eigenvalue weighted by molar-refractivity contribution is 7.83. The van der Waals surface area contributed by atoms with Gasteiger partial charge in [0, 0.05) is 6.42 Å². The Balaban J connectivity index is 2.49. The summed E-state index contributed by atoms with van der Waals surface area (Å²) in [6.07, 6.45) is 0.152. The minimum atomic E-state index is -1.64. The number of hydrogen-bond acceptors (Lipinski definition) is 4. The molecular formula is C11H15N3O3S. The Kier molecular flexibility index (Phi) is 5.47. The largest absolute Gasteiger partial charge is 0.370 e. The average molecular weight is 269 g/mol. The fraction of sp³-hybridized carbons (Fsp3) is 0.273. The Morgan fingerprint density at radius 1 is 1.28 bits per heavy atom. The quantitative estimate of drug-likeness (QED) is 0.640. The highest BCUT2D eigenvalue weighted by Crippen LogP contribution is 2.03. The third-order valence-corrected chi connectivity index (χ3v) is 3.28. The van der Waals surface area contributed by atoms with Gasteiger partial charge in [-0.2, -0.15) is 0 Å². The van der Waals surface area contributed by atoms with Crippen molar-refractivity contribution < 1.29 is 13.8 Å². The van der Waals surface area contributed by atoms with Gasteiger partial charge in [0.15, 0.2) is 11.0 Å². The summed E-state index contributed by atoms with van der Waals surface area (Å²) in [6, 6.07) is 7.57. The summed E-state index contributed by atoms with van der Waals surface area (Å²) in [4.78, 5) is 22.6. The van der Waals surface area contributed by atoms with E-state index in [2.05, 4.69) is 4.72 Å². The molecule has 0 saturated heterocycles. The molecule has 7 heteroatoms. The molecule has 0 aromatic heterocycles. The fourth-order valence-corrected chi connectivity index (χ4v) is 2.06. The molecule has 2 unspecified atom stereocenters. The predicted octanol–water partition coefficient (Wildman–Crippen LogP) is -0.582. The smallest absolute Gasteiger partial charge is 0.248 e. The van der Waals surface area contributed by atoms with Crippen molar-refractivity contribution in [1.29, 1.82) is 0 Å². The molecule has 0 fully saturated rings. The Labute approximate surface area is 107 Å². The van der Waals surface area contributed by atoms with E-state index in [9.17, 15) is 13.8 Å². The second kappa shape index (κ2) is 6.87. The lowest BCUT2D eigenvalue weighted by molar-refractivity contribution is -0.121. The number of rotatable bonds is 6. The third kappa shape index (κ3) is 4.64. The number of primary amides is 1. The Hall–Kier alpha value is -1.73. The molecule has 0 heterocycles. The van der Waals surface area contributed by atoms with Crippen LogP contribution in [0.3, 0.4) is 0 Å². The van der Waals surface area contributed by atoms with Gasteiger partial charge in [0.1, 0.15) is 0 Å². The van der Waals surface area contributed by atoms with E-state index >= 15 is 0 Å². The van der Waals surface area contributed by atoms with Gasteiger partial charge in [0.2, 0.25) is 11.8 Å². The molecule has 98 valence electrons. The van der Waals surface area contributed by atoms with Gasteiger partial charge >= 0.3 is 0 Å². The van der Waals surface area contributed by atoms with Gasteiger partial charge in [-0.15, -0.1) is 0 Å². The van der Waals surface area contributed by atoms with Gasteiger partial charge in [-0.3, -0.25) is 14.3 Å². The third-order valence-electron chi connectivity index (χ3n) is 2.19. The Bertz CT molecular complexity index is 450. The van der Waals surface area contributed by atoms with E-state index in [1.54, 1.807) is 30.3 Å². The van der Waals surface area contributed by atoms with Crippen LogP contribution < -0.4 is 16.2 Å². The van der Waals surface area contributed by atoms with E-state index in [1.807, 2.05) is 0 Å². The van der Waals surface area contributed by atoms with Crippen LogP contribution in [0, 0.1) is 0 Å². The maximum atomic E-state index is 11.7. The molecule has 1 aromatic carbocycles. The van der Waals surface area contributed by atoms with E-state index in [-0.39, 0.29) is 12.8 Å². The van der Waals surface area contributed by atoms with Crippen LogP contribution in [0.1, 0.15) is 12.8 Å². The van der Waals surface area contributed by atoms with Crippen molar-refractivity contribution in [2.75, 3.05) is 0 Å². The topological polar surface area (TPSA) is 115 Å². The highest BCUT2D eigenvalue weighted by atomic mass is 32.2. The number of carbonyl (C=O) groups excluding carboxylic acids is 2. The standard InChI is InChI=1S/C11H15N3O3S/c12-9(6-7-10(13)15)11(16)14-18(17)8-4-2-1-3-5-8/h1-5,9H,6-7,12H2,(H2,13,15)(H,14,16). The van der Waals surface area contributed by atoms with E-state index in [0.717, 1.165) is 0 Å². The van der Waals surface area contributed by atoms with E-state index < -0.39 is 28.8 Å². The monoisotopic (exact) mass is 269 g/mol. The van der Waals surface area contributed by atoms with Crippen molar-refractivity contribution >= 4 is 22.8 Å². The van der Waals surface area contributed by atoms with Crippen molar-refractivity contribution in [2.24, 2.45) is 11.5 Å². The molecule has 0 aliphatic heterocycles. The van der Waals surface area contributed by atoms with Gasteiger partial charge in [0.25, 0.3) is 0 Å². The van der Waals surface area contributed by atoms with Gasteiger partial charge in [-0.05, 0) is 18.6 Å². The molecule has 0 saturated carbocycles. The summed E-state index contributed by atoms with van der Waals surface area (Å²) in [5.41, 5.74) is 10.5. The van der Waals surface area contributed by atoms with Crippen molar-refractivity contribution in [3.8, 4) is 0 Å². The zero-order valence-electron chi connectivity index (χ0n) is 9.67. The number of nitrogens with one attached hydrogen (secondary N) is 1. The molecule has 0 radical (unpaired) electrons. The molecule has 2 amide bonds. The van der Waals surface area contributed by atoms with Crippen LogP contribution in [-0.2, 0) is 20.6 Å². The van der Waals surface area contributed by atoms with Gasteiger partial charge in [-0.1, -0.05) is 18.2 Å². The SMILES string of the molecule is NC(=O)CCC(N)C(=O)NS(=O)c1ccccc1. The molecular weight excluding hydrogens is 254 g/mol. The number of benzene rings is 1. The van der Waals surface area contributed by atoms with Crippen molar-refractivity contribution in [2.45, 2.75) is 23.8 Å². The first-order chi connectivity index (χ1) is 8.50. The summed E-state index contributed by atoms with van der Waals surface area (Å²) >= 11 is 0. The summed E-state index contributed by atoms with van der Waals surface area (Å²) < 4.78 is 14.0. The van der Waals surface area contributed by atoms with Crippen LogP contribution in [-0.4, -0.2) is 22.1 Å². The van der Waals surface area contributed by atoms with Crippen LogP contribution >= 0.6 is 0 Å². The normalized spacial score (nSPS) is 13.6. The van der Waals surface area contributed by atoms with Crippen molar-refractivity contribution in [3.05, 3.63) is 30.3 Å². The van der Waals surface area contributed by atoms with E-state index in [0.29, 0.717) is 4.90 Å². The lowest BCUT2D eigenvalue weighted by Crippen LogP contribution is -2.41. The van der Waals surface area contributed by atoms with Crippen LogP contribution in [0.15, 0.2) is 35.2 Å². The Morgan fingerprint density at radius 3 is 2.44 bits per heavy atom. The maximum absolute atomic E-state index is 11.7. The molecule has 0 aliphatic rings. The molecule has 6 nitrogen and oxygen atoms in total. The second-order valence-electron chi connectivity index (χ2n) is 3.66. The first-order valence-electron chi connectivity index (χ1n) is 5.32. The lowest BCUT2D eigenvalue weighted by Gasteiger charge is -2.10. The maximum Gasteiger partial charge on any atom is 0.248 e. The zero-order valence-corrected chi connectivity index (χ0v) is 10.5. The second-order valence-corrected chi connectivity index (χ2v) is 4.87. The Morgan fingerprint density at radius 2 is 1.89 bits per heavy atom. The molecule has 0 spiro atoms. The summed E-state index contributed by atoms with van der Waals surface area (Å²) in [7, 11) is -1.64. The molecule has 0 aliphatic carbocycles. The number of nitrogens with two attached hydrogens (primary N) is 2. The lowest BCUT2D eigenvalue weighted by atomic mass is 10.1. The van der Waals surface area contributed by atoms with Crippen molar-refractivity contribution in [3.63, 3.8) is 0 Å². The van der Waals surface area contributed by atoms with Crippen LogP contribution in [0.2, 0.25) is 0 Å². The minimum absolute atomic E-state index is 0.0204. The van der Waals surface area contributed by atoms with Crippen LogP contribution in [0.4, 0.5) is 0 Å². The zero-order chi connectivity index (χ0) is 13.5. The first kappa shape index (κ1) is 14.3. The van der Waals surface area contributed by atoms with Crippen molar-refractivity contribution in [1.82, 2.24) is 4.72 Å². The summed E-state index contributed by atoms with van der Waals surface area (Å²) in [6.45, 7) is 0. The minimum Gasteiger partial charge on any atom is -0.370 e. The predicted molar refractivity (Wildman–Crippen MR) is 67.4 cm³/mol. The first-order valence-corrected chi connectivity index (χ1v) is 6.47. The van der Waals surface area contributed by atoms with E-state index in [1.165, 1.54) is 0 Å². The average Bonchev–Trinajstić information content (AvgIpc) is 2.36. The van der Waals surface area contributed by atoms with Crippen LogP contribution in [0.5, 0.6) is 0 Å². The molecule has 0 bridgehead atoms. The van der Waals surface area contributed by atoms with Gasteiger partial charge in [0.05, 0.1) is 10.9 Å². The molecule has 1 rings (SSSR count). The summed E-state index contributed by atoms with van der Waals surface area (Å²) in [5, 5.41) is 0. The number of carbonyl (C=O) groups is 2. The number of hydrogen-bond donors (Lipinski definition) is 3. The molecule has 5 N–H and O–H groups in total. The fourth-order valence-electron chi connectivity index (χ4n) is 1.20. The molecule has 1 aromatic rings. The van der Waals surface area contributed by atoms with Gasteiger partial charge < -0.3 is 11.5 Å². The number of amides is 2. The van der Waals surface area contributed by atoms with E-state index in [4.69, 9.17) is 11.5 Å². The van der Waals surface area contributed by atoms with Gasteiger partial charge in [-0.25, -0.2) is 4.21 Å².